The summed E-state index contributed by atoms with van der Waals surface area (Å²) in [7, 11) is -3.42. The first-order valence-electron chi connectivity index (χ1n) is 8.29. The van der Waals surface area contributed by atoms with E-state index >= 15 is 0 Å². The van der Waals surface area contributed by atoms with Gasteiger partial charge in [0.05, 0.1) is 11.8 Å². The first-order chi connectivity index (χ1) is 11.4. The monoisotopic (exact) mass is 345 g/mol. The molecular formula is C18H23N3O2S. The number of hydrogen-bond donors (Lipinski definition) is 1. The summed E-state index contributed by atoms with van der Waals surface area (Å²) in [6.45, 7) is 3.82. The Morgan fingerprint density at radius 3 is 2.54 bits per heavy atom. The lowest BCUT2D eigenvalue weighted by Gasteiger charge is -2.19. The summed E-state index contributed by atoms with van der Waals surface area (Å²) in [5, 5.41) is 0. The van der Waals surface area contributed by atoms with E-state index in [2.05, 4.69) is 14.7 Å². The first kappa shape index (κ1) is 17.0. The van der Waals surface area contributed by atoms with Gasteiger partial charge in [0.15, 0.2) is 0 Å². The van der Waals surface area contributed by atoms with Crippen LogP contribution in [0.4, 0.5) is 0 Å². The van der Waals surface area contributed by atoms with Crippen LogP contribution in [-0.2, 0) is 10.0 Å². The third kappa shape index (κ3) is 4.39. The summed E-state index contributed by atoms with van der Waals surface area (Å²) in [6, 6.07) is 11.2. The molecule has 1 saturated carbocycles. The highest BCUT2D eigenvalue weighted by molar-refractivity contribution is 7.89. The third-order valence-corrected chi connectivity index (χ3v) is 5.88. The molecule has 0 saturated heterocycles. The Hall–Kier alpha value is -1.79. The van der Waals surface area contributed by atoms with Gasteiger partial charge in [0.1, 0.15) is 5.82 Å². The smallest absolute Gasteiger partial charge is 0.212 e. The van der Waals surface area contributed by atoms with Crippen LogP contribution in [0.25, 0.3) is 0 Å². The molecule has 0 bridgehead atoms. The van der Waals surface area contributed by atoms with Gasteiger partial charge in [0.2, 0.25) is 10.0 Å². The molecule has 0 radical (unpaired) electrons. The van der Waals surface area contributed by atoms with E-state index in [9.17, 15) is 8.42 Å². The zero-order valence-electron chi connectivity index (χ0n) is 14.0. The van der Waals surface area contributed by atoms with Gasteiger partial charge < -0.3 is 0 Å². The van der Waals surface area contributed by atoms with Gasteiger partial charge in [-0.05, 0) is 43.2 Å². The number of rotatable bonds is 7. The lowest BCUT2D eigenvalue weighted by molar-refractivity contribution is 0.507. The Kier molecular flexibility index (Phi) is 4.96. The van der Waals surface area contributed by atoms with Gasteiger partial charge in [-0.15, -0.1) is 0 Å². The number of benzene rings is 1. The van der Waals surface area contributed by atoms with Crippen LogP contribution in [0.3, 0.4) is 0 Å². The zero-order chi connectivity index (χ0) is 17.2. The molecule has 6 heteroatoms. The van der Waals surface area contributed by atoms with Crippen LogP contribution in [0.15, 0.2) is 42.6 Å². The number of hydrogen-bond acceptors (Lipinski definition) is 4. The summed E-state index contributed by atoms with van der Waals surface area (Å²) < 4.78 is 28.1. The second-order valence-corrected chi connectivity index (χ2v) is 8.38. The van der Waals surface area contributed by atoms with E-state index < -0.39 is 10.0 Å². The molecule has 1 aromatic heterocycles. The second-order valence-electron chi connectivity index (χ2n) is 6.58. The van der Waals surface area contributed by atoms with E-state index in [1.165, 1.54) is 0 Å². The minimum Gasteiger partial charge on any atom is -0.240 e. The van der Waals surface area contributed by atoms with Crippen molar-refractivity contribution in [2.45, 2.75) is 38.6 Å². The topological polar surface area (TPSA) is 72.0 Å². The summed E-state index contributed by atoms with van der Waals surface area (Å²) in [4.78, 5) is 8.70. The van der Waals surface area contributed by atoms with Crippen molar-refractivity contribution < 1.29 is 8.42 Å². The van der Waals surface area contributed by atoms with Gasteiger partial charge in [-0.2, -0.15) is 0 Å². The normalized spacial score (nSPS) is 17.4. The standard InChI is InChI=1S/C18H23N3O2S/c1-13(15-6-4-3-5-7-15)12-24(22,23)21-17(16-8-9-16)18-19-11-10-14(2)20-18/h3-7,10-11,13,16-17,21H,8-9,12H2,1-2H3/t13-,17+/m0/s1. The third-order valence-electron chi connectivity index (χ3n) is 4.33. The van der Waals surface area contributed by atoms with Gasteiger partial charge >= 0.3 is 0 Å². The zero-order valence-corrected chi connectivity index (χ0v) is 14.8. The van der Waals surface area contributed by atoms with Gasteiger partial charge in [0, 0.05) is 11.9 Å². The fourth-order valence-corrected chi connectivity index (χ4v) is 4.49. The molecule has 2 atom stereocenters. The number of nitrogens with one attached hydrogen (secondary N) is 1. The molecule has 0 unspecified atom stereocenters. The number of aryl methyl sites for hydroxylation is 1. The highest BCUT2D eigenvalue weighted by atomic mass is 32.2. The lowest BCUT2D eigenvalue weighted by atomic mass is 10.0. The van der Waals surface area contributed by atoms with E-state index in [4.69, 9.17) is 0 Å². The van der Waals surface area contributed by atoms with E-state index in [0.717, 1.165) is 24.1 Å². The molecule has 5 nitrogen and oxygen atoms in total. The highest BCUT2D eigenvalue weighted by Crippen LogP contribution is 2.40. The van der Waals surface area contributed by atoms with Gasteiger partial charge in [-0.25, -0.2) is 23.1 Å². The molecule has 0 spiro atoms. The molecule has 1 aromatic carbocycles. The lowest BCUT2D eigenvalue weighted by Crippen LogP contribution is -2.34. The molecule has 1 heterocycles. The maximum absolute atomic E-state index is 12.6. The molecule has 1 aliphatic rings. The van der Waals surface area contributed by atoms with Crippen LogP contribution in [0.5, 0.6) is 0 Å². The maximum atomic E-state index is 12.6. The molecule has 0 amide bonds. The molecule has 2 aromatic rings. The summed E-state index contributed by atoms with van der Waals surface area (Å²) in [6.07, 6.45) is 3.71. The average Bonchev–Trinajstić information content (AvgIpc) is 3.38. The van der Waals surface area contributed by atoms with Crippen LogP contribution in [0.1, 0.15) is 48.8 Å². The van der Waals surface area contributed by atoms with Crippen LogP contribution >= 0.6 is 0 Å². The van der Waals surface area contributed by atoms with Gasteiger partial charge in [-0.3, -0.25) is 0 Å². The molecule has 0 aliphatic heterocycles. The fourth-order valence-electron chi connectivity index (χ4n) is 2.86. The van der Waals surface area contributed by atoms with Crippen molar-refractivity contribution in [1.82, 2.24) is 14.7 Å². The van der Waals surface area contributed by atoms with Crippen molar-refractivity contribution in [3.05, 3.63) is 59.7 Å². The SMILES string of the molecule is Cc1ccnc([C@H](NS(=O)(=O)C[C@H](C)c2ccccc2)C2CC2)n1. The Morgan fingerprint density at radius 1 is 1.21 bits per heavy atom. The second kappa shape index (κ2) is 6.99. The fraction of sp³-hybridized carbons (Fsp3) is 0.444. The van der Waals surface area contributed by atoms with Crippen molar-refractivity contribution in [1.29, 1.82) is 0 Å². The molecular weight excluding hydrogens is 322 g/mol. The number of sulfonamides is 1. The molecule has 128 valence electrons. The van der Waals surface area contributed by atoms with E-state index in [1.54, 1.807) is 6.20 Å². The van der Waals surface area contributed by atoms with Gasteiger partial charge in [-0.1, -0.05) is 37.3 Å². The molecule has 24 heavy (non-hydrogen) atoms. The van der Waals surface area contributed by atoms with Crippen LogP contribution in [-0.4, -0.2) is 24.1 Å². The van der Waals surface area contributed by atoms with Crippen LogP contribution in [0, 0.1) is 12.8 Å². The predicted octanol–water partition coefficient (Wildman–Crippen LogP) is 2.96. The number of nitrogens with zero attached hydrogens (tertiary/aromatic N) is 2. The Labute approximate surface area is 143 Å². The quantitative estimate of drug-likeness (QED) is 0.837. The summed E-state index contributed by atoms with van der Waals surface area (Å²) in [5.41, 5.74) is 1.88. The minimum atomic E-state index is -3.42. The van der Waals surface area contributed by atoms with Crippen LogP contribution < -0.4 is 4.72 Å². The maximum Gasteiger partial charge on any atom is 0.212 e. The molecule has 1 fully saturated rings. The summed E-state index contributed by atoms with van der Waals surface area (Å²) >= 11 is 0. The Morgan fingerprint density at radius 2 is 1.92 bits per heavy atom. The van der Waals surface area contributed by atoms with E-state index in [-0.39, 0.29) is 17.7 Å². The minimum absolute atomic E-state index is 0.0616. The summed E-state index contributed by atoms with van der Waals surface area (Å²) in [5.74, 6) is 0.871. The van der Waals surface area contributed by atoms with Gasteiger partial charge in [0.25, 0.3) is 0 Å². The largest absolute Gasteiger partial charge is 0.240 e. The Balaban J connectivity index is 1.74. The van der Waals surface area contributed by atoms with Crippen LogP contribution in [0.2, 0.25) is 0 Å². The van der Waals surface area contributed by atoms with Crippen molar-refractivity contribution in [2.75, 3.05) is 5.75 Å². The van der Waals surface area contributed by atoms with E-state index in [1.807, 2.05) is 50.2 Å². The highest BCUT2D eigenvalue weighted by Gasteiger charge is 2.37. The van der Waals surface area contributed by atoms with Crippen molar-refractivity contribution >= 4 is 10.0 Å². The van der Waals surface area contributed by atoms with Crippen molar-refractivity contribution in [3.63, 3.8) is 0 Å². The predicted molar refractivity (Wildman–Crippen MR) is 94.0 cm³/mol. The molecule has 1 aliphatic carbocycles. The molecule has 3 rings (SSSR count). The van der Waals surface area contributed by atoms with Crippen molar-refractivity contribution in [3.8, 4) is 0 Å². The number of aromatic nitrogens is 2. The molecule has 1 N–H and O–H groups in total. The first-order valence-corrected chi connectivity index (χ1v) is 9.94. The van der Waals surface area contributed by atoms with E-state index in [0.29, 0.717) is 11.7 Å². The Bertz CT molecular complexity index is 789. The van der Waals surface area contributed by atoms with Crippen molar-refractivity contribution in [2.24, 2.45) is 5.92 Å². The average molecular weight is 345 g/mol.